The van der Waals surface area contributed by atoms with Gasteiger partial charge in [0.25, 0.3) is 5.91 Å². The molecule has 0 aliphatic carbocycles. The smallest absolute Gasteiger partial charge is 0.257 e. The number of para-hydroxylation sites is 2. The van der Waals surface area contributed by atoms with Crippen molar-refractivity contribution in [1.29, 1.82) is 0 Å². The lowest BCUT2D eigenvalue weighted by Gasteiger charge is -2.18. The van der Waals surface area contributed by atoms with E-state index in [-0.39, 0.29) is 27.3 Å². The largest absolute Gasteiger partial charge is 0.492 e. The number of benzene rings is 2. The maximum absolute atomic E-state index is 12.6. The summed E-state index contributed by atoms with van der Waals surface area (Å²) < 4.78 is 32.6. The molecule has 2 aromatic carbocycles. The minimum absolute atomic E-state index is 0.103. The Labute approximate surface area is 218 Å². The second-order valence-corrected chi connectivity index (χ2v) is 11.3. The van der Waals surface area contributed by atoms with Crippen molar-refractivity contribution in [2.24, 2.45) is 0 Å². The number of nitrogens with one attached hydrogen (secondary N) is 2. The van der Waals surface area contributed by atoms with Crippen LogP contribution in [0.5, 0.6) is 5.75 Å². The highest BCUT2D eigenvalue weighted by atomic mass is 32.2. The molecule has 1 heterocycles. The van der Waals surface area contributed by atoms with Crippen molar-refractivity contribution in [1.82, 2.24) is 14.5 Å². The van der Waals surface area contributed by atoms with Gasteiger partial charge in [-0.05, 0) is 43.3 Å². The number of thioether (sulfide) groups is 1. The summed E-state index contributed by atoms with van der Waals surface area (Å²) in [5.74, 6) is 0.0244. The number of ether oxygens (including phenoxy) is 1. The van der Waals surface area contributed by atoms with Crippen molar-refractivity contribution in [3.05, 3.63) is 54.1 Å². The van der Waals surface area contributed by atoms with Gasteiger partial charge in [-0.15, -0.1) is 10.2 Å². The topological polar surface area (TPSA) is 131 Å². The fourth-order valence-corrected chi connectivity index (χ4v) is 6.15. The third-order valence-electron chi connectivity index (χ3n) is 4.87. The number of carbonyl (C=O) groups excluding carboxylic acids is 2. The normalized spacial score (nSPS) is 11.3. The Bertz CT molecular complexity index is 1290. The van der Waals surface area contributed by atoms with E-state index < -0.39 is 15.9 Å². The molecule has 3 aromatic rings. The molecule has 0 aliphatic heterocycles. The van der Waals surface area contributed by atoms with Crippen molar-refractivity contribution in [2.75, 3.05) is 36.1 Å². The molecule has 13 heteroatoms. The number of carbonyl (C=O) groups is 2. The Morgan fingerprint density at radius 1 is 1.00 bits per heavy atom. The Hall–Kier alpha value is -3.00. The first kappa shape index (κ1) is 27.6. The van der Waals surface area contributed by atoms with E-state index in [1.165, 1.54) is 40.3 Å². The number of aromatic nitrogens is 2. The van der Waals surface area contributed by atoms with Gasteiger partial charge in [-0.3, -0.25) is 14.9 Å². The van der Waals surface area contributed by atoms with E-state index in [0.29, 0.717) is 35.5 Å². The average Bonchev–Trinajstić information content (AvgIpc) is 3.32. The molecule has 0 saturated carbocycles. The summed E-state index contributed by atoms with van der Waals surface area (Å²) in [6.07, 6.45) is 0. The van der Waals surface area contributed by atoms with Crippen LogP contribution in [-0.4, -0.2) is 60.2 Å². The van der Waals surface area contributed by atoms with E-state index in [1.807, 2.05) is 19.1 Å². The average molecular weight is 550 g/mol. The summed E-state index contributed by atoms with van der Waals surface area (Å²) in [6, 6.07) is 12.9. The highest BCUT2D eigenvalue weighted by molar-refractivity contribution is 8.01. The van der Waals surface area contributed by atoms with Crippen LogP contribution < -0.4 is 15.4 Å². The Morgan fingerprint density at radius 2 is 1.69 bits per heavy atom. The molecule has 0 unspecified atom stereocenters. The van der Waals surface area contributed by atoms with Gasteiger partial charge in [-0.25, -0.2) is 8.42 Å². The monoisotopic (exact) mass is 549 g/mol. The Kier molecular flexibility index (Phi) is 9.81. The lowest BCUT2D eigenvalue weighted by molar-refractivity contribution is -0.113. The molecule has 36 heavy (non-hydrogen) atoms. The van der Waals surface area contributed by atoms with Crippen molar-refractivity contribution in [3.8, 4) is 5.75 Å². The molecular formula is C23H27N5O5S3. The van der Waals surface area contributed by atoms with Gasteiger partial charge in [-0.1, -0.05) is 49.1 Å². The zero-order chi connectivity index (χ0) is 26.1. The van der Waals surface area contributed by atoms with E-state index in [1.54, 1.807) is 26.0 Å². The molecule has 0 fully saturated rings. The number of nitrogens with zero attached hydrogens (tertiary/aromatic N) is 3. The van der Waals surface area contributed by atoms with Crippen LogP contribution in [0.3, 0.4) is 0 Å². The summed E-state index contributed by atoms with van der Waals surface area (Å²) in [5.41, 5.74) is 0.872. The van der Waals surface area contributed by atoms with Crippen LogP contribution in [0.2, 0.25) is 0 Å². The molecule has 3 rings (SSSR count). The summed E-state index contributed by atoms with van der Waals surface area (Å²) in [6.45, 7) is 6.62. The molecule has 0 aliphatic rings. The number of sulfonamides is 1. The fourth-order valence-electron chi connectivity index (χ4n) is 3.14. The van der Waals surface area contributed by atoms with E-state index >= 15 is 0 Å². The minimum atomic E-state index is -3.60. The van der Waals surface area contributed by atoms with E-state index in [2.05, 4.69) is 20.8 Å². The quantitative estimate of drug-likeness (QED) is 0.257. The molecule has 0 spiro atoms. The maximum Gasteiger partial charge on any atom is 0.257 e. The summed E-state index contributed by atoms with van der Waals surface area (Å²) in [4.78, 5) is 25.0. The van der Waals surface area contributed by atoms with Crippen LogP contribution in [-0.2, 0) is 14.8 Å². The van der Waals surface area contributed by atoms with Crippen LogP contribution in [0.15, 0.2) is 57.8 Å². The fraction of sp³-hybridized carbons (Fsp3) is 0.304. The molecule has 192 valence electrons. The van der Waals surface area contributed by atoms with Gasteiger partial charge >= 0.3 is 0 Å². The van der Waals surface area contributed by atoms with Gasteiger partial charge in [-0.2, -0.15) is 4.31 Å². The lowest BCUT2D eigenvalue weighted by atomic mass is 10.2. The van der Waals surface area contributed by atoms with Crippen molar-refractivity contribution >= 4 is 55.8 Å². The number of anilines is 2. The van der Waals surface area contributed by atoms with Gasteiger partial charge in [0.05, 0.1) is 22.9 Å². The maximum atomic E-state index is 12.6. The standard InChI is InChI=1S/C23H27N5O5S3/c1-4-28(5-2)36(31,32)17-13-11-16(12-14-17)21(30)25-22-26-27-23(35-22)34-15-20(29)24-18-9-7-8-10-19(18)33-6-3/h7-14H,4-6,15H2,1-3H3,(H,24,29)(H,25,26,30). The lowest BCUT2D eigenvalue weighted by Crippen LogP contribution is -2.30. The van der Waals surface area contributed by atoms with Crippen LogP contribution in [0.1, 0.15) is 31.1 Å². The SMILES string of the molecule is CCOc1ccccc1NC(=O)CSc1nnc(NC(=O)c2ccc(S(=O)(=O)N(CC)CC)cc2)s1. The zero-order valence-electron chi connectivity index (χ0n) is 20.1. The first-order valence-electron chi connectivity index (χ1n) is 11.2. The number of hydrogen-bond acceptors (Lipinski definition) is 9. The van der Waals surface area contributed by atoms with Crippen molar-refractivity contribution in [3.63, 3.8) is 0 Å². The molecule has 1 aromatic heterocycles. The third kappa shape index (κ3) is 7.03. The Balaban J connectivity index is 1.55. The van der Waals surface area contributed by atoms with E-state index in [9.17, 15) is 18.0 Å². The second kappa shape index (κ2) is 12.8. The van der Waals surface area contributed by atoms with E-state index in [4.69, 9.17) is 4.74 Å². The van der Waals surface area contributed by atoms with Gasteiger partial charge in [0, 0.05) is 18.7 Å². The molecule has 0 radical (unpaired) electrons. The number of rotatable bonds is 12. The second-order valence-electron chi connectivity index (χ2n) is 7.21. The van der Waals surface area contributed by atoms with Crippen molar-refractivity contribution in [2.45, 2.75) is 30.0 Å². The first-order valence-corrected chi connectivity index (χ1v) is 14.4. The molecule has 0 atom stereocenters. The molecular weight excluding hydrogens is 522 g/mol. The van der Waals surface area contributed by atoms with Gasteiger partial charge in [0.15, 0.2) is 4.34 Å². The number of hydrogen-bond donors (Lipinski definition) is 2. The van der Waals surface area contributed by atoms with Crippen LogP contribution in [0.25, 0.3) is 0 Å². The summed E-state index contributed by atoms with van der Waals surface area (Å²) in [7, 11) is -3.60. The Morgan fingerprint density at radius 3 is 2.36 bits per heavy atom. The summed E-state index contributed by atoms with van der Waals surface area (Å²) in [5, 5.41) is 13.7. The van der Waals surface area contributed by atoms with Crippen LogP contribution in [0.4, 0.5) is 10.8 Å². The highest BCUT2D eigenvalue weighted by Gasteiger charge is 2.22. The third-order valence-corrected chi connectivity index (χ3v) is 8.91. The molecule has 0 saturated heterocycles. The van der Waals surface area contributed by atoms with Crippen LogP contribution >= 0.6 is 23.1 Å². The van der Waals surface area contributed by atoms with Crippen molar-refractivity contribution < 1.29 is 22.7 Å². The van der Waals surface area contributed by atoms with Gasteiger partial charge < -0.3 is 10.1 Å². The highest BCUT2D eigenvalue weighted by Crippen LogP contribution is 2.27. The van der Waals surface area contributed by atoms with Crippen LogP contribution in [0, 0.1) is 0 Å². The molecule has 0 bridgehead atoms. The molecule has 10 nitrogen and oxygen atoms in total. The molecule has 2 amide bonds. The summed E-state index contributed by atoms with van der Waals surface area (Å²) >= 11 is 2.33. The van der Waals surface area contributed by atoms with Gasteiger partial charge in [0.2, 0.25) is 21.1 Å². The minimum Gasteiger partial charge on any atom is -0.492 e. The predicted octanol–water partition coefficient (Wildman–Crippen LogP) is 3.95. The predicted molar refractivity (Wildman–Crippen MR) is 141 cm³/mol. The zero-order valence-corrected chi connectivity index (χ0v) is 22.5. The van der Waals surface area contributed by atoms with E-state index in [0.717, 1.165) is 11.3 Å². The van der Waals surface area contributed by atoms with Gasteiger partial charge in [0.1, 0.15) is 5.75 Å². The first-order chi connectivity index (χ1) is 17.3. The number of amides is 2. The molecule has 2 N–H and O–H groups in total.